The van der Waals surface area contributed by atoms with Crippen molar-refractivity contribution in [2.24, 2.45) is 0 Å². The number of hydrogen-bond donors (Lipinski definition) is 1. The second-order valence-electron chi connectivity index (χ2n) is 6.54. The molecule has 0 aliphatic heterocycles. The van der Waals surface area contributed by atoms with Crippen molar-refractivity contribution in [1.82, 2.24) is 19.7 Å². The van der Waals surface area contributed by atoms with Crippen LogP contribution in [0.15, 0.2) is 59.7 Å². The third kappa shape index (κ3) is 3.41. The summed E-state index contributed by atoms with van der Waals surface area (Å²) in [5.41, 5.74) is 1.60. The monoisotopic (exact) mass is 391 g/mol. The lowest BCUT2D eigenvalue weighted by Gasteiger charge is -2.07. The van der Waals surface area contributed by atoms with Crippen molar-refractivity contribution in [3.05, 3.63) is 75.8 Å². The third-order valence-electron chi connectivity index (χ3n) is 4.23. The number of carbonyl (C=O) groups is 1. The molecule has 2 aromatic carbocycles. The van der Waals surface area contributed by atoms with Crippen molar-refractivity contribution in [1.29, 1.82) is 0 Å². The van der Waals surface area contributed by atoms with Crippen LogP contribution in [0.2, 0.25) is 0 Å². The number of rotatable bonds is 4. The molecule has 0 aliphatic rings. The van der Waals surface area contributed by atoms with Gasteiger partial charge in [-0.3, -0.25) is 19.5 Å². The molecule has 7 nitrogen and oxygen atoms in total. The van der Waals surface area contributed by atoms with Gasteiger partial charge in [0, 0.05) is 11.5 Å². The maximum absolute atomic E-state index is 12.7. The molecule has 2 aromatic heterocycles. The minimum absolute atomic E-state index is 0.155. The topological polar surface area (TPSA) is 89.8 Å². The van der Waals surface area contributed by atoms with Crippen LogP contribution in [0.3, 0.4) is 0 Å². The molecular formula is C20H17N5O2S. The van der Waals surface area contributed by atoms with Gasteiger partial charge >= 0.3 is 0 Å². The molecular weight excluding hydrogens is 374 g/mol. The Hall–Kier alpha value is -3.39. The van der Waals surface area contributed by atoms with Crippen LogP contribution in [-0.2, 0) is 0 Å². The van der Waals surface area contributed by atoms with Crippen molar-refractivity contribution < 1.29 is 4.79 Å². The number of hydrogen-bond acceptors (Lipinski definition) is 6. The lowest BCUT2D eigenvalue weighted by molar-refractivity contribution is 0.102. The van der Waals surface area contributed by atoms with Crippen LogP contribution in [0, 0.1) is 0 Å². The molecule has 1 amide bonds. The average Bonchev–Trinajstić information content (AvgIpc) is 3.17. The van der Waals surface area contributed by atoms with E-state index in [-0.39, 0.29) is 17.4 Å². The number of aromatic nitrogens is 4. The van der Waals surface area contributed by atoms with Gasteiger partial charge in [0.2, 0.25) is 5.13 Å². The number of fused-ring (bicyclic) bond motifs is 1. The molecule has 0 unspecified atom stereocenters. The van der Waals surface area contributed by atoms with E-state index in [0.717, 1.165) is 5.01 Å². The molecule has 4 aromatic rings. The first-order valence-electron chi connectivity index (χ1n) is 8.74. The summed E-state index contributed by atoms with van der Waals surface area (Å²) in [5.74, 6) is -0.0155. The van der Waals surface area contributed by atoms with Gasteiger partial charge in [-0.25, -0.2) is 4.98 Å². The summed E-state index contributed by atoms with van der Waals surface area (Å²) >= 11 is 1.36. The summed E-state index contributed by atoms with van der Waals surface area (Å²) in [6.45, 7) is 4.04. The Morgan fingerprint density at radius 2 is 1.82 bits per heavy atom. The van der Waals surface area contributed by atoms with Crippen molar-refractivity contribution in [3.63, 3.8) is 0 Å². The van der Waals surface area contributed by atoms with Gasteiger partial charge in [-0.2, -0.15) is 0 Å². The quantitative estimate of drug-likeness (QED) is 0.574. The average molecular weight is 391 g/mol. The minimum atomic E-state index is -0.276. The number of carbonyl (C=O) groups excluding carboxylic acids is 1. The highest BCUT2D eigenvalue weighted by atomic mass is 32.1. The summed E-state index contributed by atoms with van der Waals surface area (Å²) in [4.78, 5) is 29.4. The van der Waals surface area contributed by atoms with Gasteiger partial charge in [0.15, 0.2) is 0 Å². The van der Waals surface area contributed by atoms with E-state index in [1.54, 1.807) is 42.5 Å². The molecule has 140 valence electrons. The van der Waals surface area contributed by atoms with Gasteiger partial charge in [0.05, 0.1) is 16.6 Å². The van der Waals surface area contributed by atoms with Crippen LogP contribution >= 0.6 is 11.3 Å². The number of anilines is 1. The highest BCUT2D eigenvalue weighted by Gasteiger charge is 2.12. The van der Waals surface area contributed by atoms with E-state index in [2.05, 4.69) is 20.5 Å². The predicted molar refractivity (Wildman–Crippen MR) is 109 cm³/mol. The van der Waals surface area contributed by atoms with Crippen molar-refractivity contribution in [3.8, 4) is 5.69 Å². The van der Waals surface area contributed by atoms with Gasteiger partial charge in [-0.15, -0.1) is 10.2 Å². The second kappa shape index (κ2) is 7.32. The molecule has 1 N–H and O–H groups in total. The molecule has 28 heavy (non-hydrogen) atoms. The second-order valence-corrected chi connectivity index (χ2v) is 7.55. The van der Waals surface area contributed by atoms with Crippen LogP contribution in [0.25, 0.3) is 16.6 Å². The van der Waals surface area contributed by atoms with Crippen LogP contribution in [0.5, 0.6) is 0 Å². The molecule has 0 fully saturated rings. The molecule has 8 heteroatoms. The number of nitrogens with one attached hydrogen (secondary N) is 1. The van der Waals surface area contributed by atoms with Crippen molar-refractivity contribution >= 4 is 33.3 Å². The van der Waals surface area contributed by atoms with Crippen molar-refractivity contribution in [2.45, 2.75) is 19.8 Å². The minimum Gasteiger partial charge on any atom is -0.296 e. The lowest BCUT2D eigenvalue weighted by Crippen LogP contribution is -2.19. The van der Waals surface area contributed by atoms with Gasteiger partial charge in [-0.05, 0) is 36.4 Å². The zero-order chi connectivity index (χ0) is 19.7. The predicted octanol–water partition coefficient (Wildman–Crippen LogP) is 3.61. The summed E-state index contributed by atoms with van der Waals surface area (Å²) in [6, 6.07) is 13.9. The van der Waals surface area contributed by atoms with E-state index in [1.165, 1.54) is 22.2 Å². The number of para-hydroxylation sites is 1. The summed E-state index contributed by atoms with van der Waals surface area (Å²) in [5, 5.41) is 12.7. The van der Waals surface area contributed by atoms with E-state index >= 15 is 0 Å². The van der Waals surface area contributed by atoms with E-state index in [0.29, 0.717) is 27.3 Å². The Kier molecular flexibility index (Phi) is 4.70. The Bertz CT molecular complexity index is 1210. The Morgan fingerprint density at radius 3 is 2.54 bits per heavy atom. The van der Waals surface area contributed by atoms with E-state index < -0.39 is 0 Å². The standard InChI is InChI=1S/C20H17N5O2S/c1-12(2)18-23-24-20(28-18)22-17(26)13-7-9-14(10-8-13)25-11-21-16-6-4-3-5-15(16)19(25)27/h3-12H,1-2H3,(H,22,24,26). The molecule has 4 rings (SSSR count). The zero-order valence-electron chi connectivity index (χ0n) is 15.3. The highest BCUT2D eigenvalue weighted by molar-refractivity contribution is 7.15. The van der Waals surface area contributed by atoms with Crippen LogP contribution < -0.4 is 10.9 Å². The largest absolute Gasteiger partial charge is 0.296 e. The smallest absolute Gasteiger partial charge is 0.265 e. The van der Waals surface area contributed by atoms with Gasteiger partial charge in [0.25, 0.3) is 11.5 Å². The molecule has 0 bridgehead atoms. The van der Waals surface area contributed by atoms with Gasteiger partial charge in [-0.1, -0.05) is 37.3 Å². The molecule has 0 atom stereocenters. The first-order valence-corrected chi connectivity index (χ1v) is 9.56. The van der Waals surface area contributed by atoms with Crippen molar-refractivity contribution in [2.75, 3.05) is 5.32 Å². The van der Waals surface area contributed by atoms with E-state index in [1.807, 2.05) is 19.9 Å². The SMILES string of the molecule is CC(C)c1nnc(NC(=O)c2ccc(-n3cnc4ccccc4c3=O)cc2)s1. The van der Waals surface area contributed by atoms with Crippen LogP contribution in [-0.4, -0.2) is 25.7 Å². The summed E-state index contributed by atoms with van der Waals surface area (Å²) in [7, 11) is 0. The molecule has 0 radical (unpaired) electrons. The van der Waals surface area contributed by atoms with E-state index in [4.69, 9.17) is 0 Å². The van der Waals surface area contributed by atoms with Gasteiger partial charge < -0.3 is 0 Å². The Balaban J connectivity index is 1.57. The number of benzene rings is 2. The summed E-state index contributed by atoms with van der Waals surface area (Å²) < 4.78 is 1.46. The Morgan fingerprint density at radius 1 is 1.07 bits per heavy atom. The number of amides is 1. The maximum Gasteiger partial charge on any atom is 0.265 e. The Labute approximate surface area is 164 Å². The first-order chi connectivity index (χ1) is 13.5. The number of nitrogens with zero attached hydrogens (tertiary/aromatic N) is 4. The summed E-state index contributed by atoms with van der Waals surface area (Å²) in [6.07, 6.45) is 1.49. The lowest BCUT2D eigenvalue weighted by atomic mass is 10.2. The third-order valence-corrected chi connectivity index (χ3v) is 5.37. The maximum atomic E-state index is 12.7. The fraction of sp³-hybridized carbons (Fsp3) is 0.150. The van der Waals surface area contributed by atoms with Crippen LogP contribution in [0.1, 0.15) is 35.1 Å². The van der Waals surface area contributed by atoms with Crippen LogP contribution in [0.4, 0.5) is 5.13 Å². The van der Waals surface area contributed by atoms with E-state index in [9.17, 15) is 9.59 Å². The molecule has 2 heterocycles. The fourth-order valence-corrected chi connectivity index (χ4v) is 3.46. The molecule has 0 spiro atoms. The molecule has 0 aliphatic carbocycles. The zero-order valence-corrected chi connectivity index (χ0v) is 16.1. The molecule has 0 saturated heterocycles. The first kappa shape index (κ1) is 18.0. The fourth-order valence-electron chi connectivity index (χ4n) is 2.71. The van der Waals surface area contributed by atoms with Gasteiger partial charge in [0.1, 0.15) is 11.3 Å². The normalized spacial score (nSPS) is 11.1. The highest BCUT2D eigenvalue weighted by Crippen LogP contribution is 2.23. The molecule has 0 saturated carbocycles.